The molecule has 33 heavy (non-hydrogen) atoms. The van der Waals surface area contributed by atoms with Crippen molar-refractivity contribution in [1.82, 2.24) is 20.1 Å². The van der Waals surface area contributed by atoms with Crippen molar-refractivity contribution < 1.29 is 14.3 Å². The maximum Gasteiger partial charge on any atom is 0.255 e. The minimum absolute atomic E-state index is 0.277. The Morgan fingerprint density at radius 1 is 1.18 bits per heavy atom. The zero-order valence-corrected chi connectivity index (χ0v) is 19.0. The van der Waals surface area contributed by atoms with Gasteiger partial charge in [0.1, 0.15) is 5.75 Å². The first kappa shape index (κ1) is 22.3. The fraction of sp³-hybridized carbons (Fsp3) is 0.217. The average molecular weight is 467 g/mol. The van der Waals surface area contributed by atoms with Gasteiger partial charge >= 0.3 is 0 Å². The van der Waals surface area contributed by atoms with Crippen LogP contribution in [0.25, 0.3) is 11.0 Å². The molecule has 10 heteroatoms. The lowest BCUT2D eigenvalue weighted by molar-refractivity contribution is -0.605. The third-order valence-electron chi connectivity index (χ3n) is 5.22. The summed E-state index contributed by atoms with van der Waals surface area (Å²) in [5, 5.41) is 23.1. The summed E-state index contributed by atoms with van der Waals surface area (Å²) in [5.74, 6) is 0.308. The molecule has 0 saturated heterocycles. The summed E-state index contributed by atoms with van der Waals surface area (Å²) in [6.07, 6.45) is 6.03. The number of carbonyl (C=O) groups excluding carboxylic acids is 1. The van der Waals surface area contributed by atoms with Crippen molar-refractivity contribution in [2.45, 2.75) is 26.6 Å². The van der Waals surface area contributed by atoms with Gasteiger partial charge in [-0.1, -0.05) is 17.7 Å². The molecule has 3 aromatic heterocycles. The first-order valence-electron chi connectivity index (χ1n) is 10.4. The fourth-order valence-electron chi connectivity index (χ4n) is 3.47. The van der Waals surface area contributed by atoms with Gasteiger partial charge in [-0.05, 0) is 30.2 Å². The maximum absolute atomic E-state index is 13.1. The van der Waals surface area contributed by atoms with E-state index in [1.165, 1.54) is 12.4 Å². The molecule has 0 saturated carbocycles. The smallest absolute Gasteiger partial charge is 0.255 e. The molecule has 1 aromatic carbocycles. The van der Waals surface area contributed by atoms with Gasteiger partial charge in [0.2, 0.25) is 0 Å². The van der Waals surface area contributed by atoms with Crippen LogP contribution in [0.4, 0.5) is 5.69 Å². The van der Waals surface area contributed by atoms with Gasteiger partial charge < -0.3 is 20.6 Å². The summed E-state index contributed by atoms with van der Waals surface area (Å²) in [6, 6.07) is 8.84. The number of rotatable bonds is 8. The highest BCUT2D eigenvalue weighted by molar-refractivity contribution is 6.32. The quantitative estimate of drug-likeness (QED) is 0.305. The van der Waals surface area contributed by atoms with Crippen LogP contribution in [0.2, 0.25) is 5.02 Å². The second kappa shape index (κ2) is 9.74. The molecule has 0 spiro atoms. The molecule has 1 amide bonds. The predicted molar refractivity (Wildman–Crippen MR) is 125 cm³/mol. The third kappa shape index (κ3) is 4.83. The van der Waals surface area contributed by atoms with E-state index in [1.54, 1.807) is 42.4 Å². The number of fused-ring (bicyclic) bond motifs is 1. The Labute approximate surface area is 195 Å². The maximum atomic E-state index is 13.1. The molecular formula is C23H23ClN6O3. The molecule has 0 aliphatic heterocycles. The van der Waals surface area contributed by atoms with E-state index in [-0.39, 0.29) is 12.5 Å². The molecule has 2 N–H and O–H groups in total. The monoisotopic (exact) mass is 466 g/mol. The number of amides is 1. The van der Waals surface area contributed by atoms with E-state index in [9.17, 15) is 10.0 Å². The highest BCUT2D eigenvalue weighted by Gasteiger charge is 2.18. The molecule has 3 heterocycles. The molecule has 0 aliphatic carbocycles. The van der Waals surface area contributed by atoms with E-state index in [1.807, 2.05) is 19.1 Å². The summed E-state index contributed by atoms with van der Waals surface area (Å²) in [7, 11) is 1.57. The van der Waals surface area contributed by atoms with Crippen molar-refractivity contribution in [3.63, 3.8) is 0 Å². The Kier molecular flexibility index (Phi) is 6.60. The molecule has 0 atom stereocenters. The lowest BCUT2D eigenvalue weighted by Crippen LogP contribution is -2.27. The Bertz CT molecular complexity index is 1290. The van der Waals surface area contributed by atoms with E-state index in [0.717, 1.165) is 16.5 Å². The van der Waals surface area contributed by atoms with Crippen molar-refractivity contribution >= 4 is 34.2 Å². The first-order valence-corrected chi connectivity index (χ1v) is 10.7. The summed E-state index contributed by atoms with van der Waals surface area (Å²) in [6.45, 7) is 3.35. The second-order valence-corrected chi connectivity index (χ2v) is 7.72. The number of aryl methyl sites for hydroxylation is 1. The number of carbonyl (C=O) groups is 1. The van der Waals surface area contributed by atoms with Crippen molar-refractivity contribution in [2.24, 2.45) is 0 Å². The molecule has 0 aliphatic rings. The Morgan fingerprint density at radius 2 is 1.97 bits per heavy atom. The van der Waals surface area contributed by atoms with Crippen molar-refractivity contribution in [3.05, 3.63) is 82.0 Å². The number of benzene rings is 1. The van der Waals surface area contributed by atoms with Crippen LogP contribution in [-0.4, -0.2) is 27.8 Å². The van der Waals surface area contributed by atoms with Crippen molar-refractivity contribution in [3.8, 4) is 5.75 Å². The zero-order chi connectivity index (χ0) is 23.4. The Morgan fingerprint density at radius 3 is 2.67 bits per heavy atom. The first-order chi connectivity index (χ1) is 16.0. The van der Waals surface area contributed by atoms with Gasteiger partial charge in [-0.2, -0.15) is 9.83 Å². The standard InChI is InChI=1S/C23H23ClN6O3/c1-3-30-22-17(14-28-30)21(25-12-16-4-5-20(33-2)19(24)10-16)18(13-26-22)23(31)27-11-15-6-8-29(32)9-7-15/h4-10,13-14H,3,11-12H2,1-2H3,(H,25,26)(H,27,31). The summed E-state index contributed by atoms with van der Waals surface area (Å²) in [4.78, 5) is 17.5. The normalized spacial score (nSPS) is 10.9. The molecule has 4 aromatic rings. The lowest BCUT2D eigenvalue weighted by Gasteiger charge is -2.14. The minimum atomic E-state index is -0.289. The number of hydrogen-bond donors (Lipinski definition) is 2. The number of aromatic nitrogens is 4. The Balaban J connectivity index is 1.61. The van der Waals surface area contributed by atoms with E-state index in [4.69, 9.17) is 16.3 Å². The number of hydrogen-bond acceptors (Lipinski definition) is 6. The van der Waals surface area contributed by atoms with Crippen LogP contribution < -0.4 is 20.1 Å². The Hall–Kier alpha value is -3.85. The van der Waals surface area contributed by atoms with Crippen LogP contribution in [-0.2, 0) is 19.6 Å². The van der Waals surface area contributed by atoms with Crippen LogP contribution in [0.1, 0.15) is 28.4 Å². The summed E-state index contributed by atoms with van der Waals surface area (Å²) >= 11 is 6.26. The van der Waals surface area contributed by atoms with Gasteiger partial charge in [-0.25, -0.2) is 9.67 Å². The highest BCUT2D eigenvalue weighted by atomic mass is 35.5. The van der Waals surface area contributed by atoms with Crippen LogP contribution in [0, 0.1) is 5.21 Å². The molecule has 0 bridgehead atoms. The van der Waals surface area contributed by atoms with Crippen molar-refractivity contribution in [2.75, 3.05) is 12.4 Å². The number of halogens is 1. The largest absolute Gasteiger partial charge is 0.619 e. The topological polar surface area (TPSA) is 108 Å². The molecule has 0 radical (unpaired) electrons. The fourth-order valence-corrected chi connectivity index (χ4v) is 3.75. The number of methoxy groups -OCH3 is 1. The van der Waals surface area contributed by atoms with Gasteiger partial charge in [-0.3, -0.25) is 4.79 Å². The van der Waals surface area contributed by atoms with Crippen LogP contribution in [0.15, 0.2) is 55.1 Å². The second-order valence-electron chi connectivity index (χ2n) is 7.32. The molecule has 0 fully saturated rings. The number of anilines is 1. The zero-order valence-electron chi connectivity index (χ0n) is 18.2. The molecule has 170 valence electrons. The minimum Gasteiger partial charge on any atom is -0.619 e. The van der Waals surface area contributed by atoms with E-state index in [0.29, 0.717) is 45.5 Å². The van der Waals surface area contributed by atoms with Gasteiger partial charge in [-0.15, -0.1) is 0 Å². The molecule has 9 nitrogen and oxygen atoms in total. The van der Waals surface area contributed by atoms with E-state index < -0.39 is 0 Å². The number of nitrogens with one attached hydrogen (secondary N) is 2. The highest BCUT2D eigenvalue weighted by Crippen LogP contribution is 2.28. The molecule has 4 rings (SSSR count). The number of nitrogens with zero attached hydrogens (tertiary/aromatic N) is 4. The van der Waals surface area contributed by atoms with Gasteiger partial charge in [0, 0.05) is 38.0 Å². The number of pyridine rings is 2. The third-order valence-corrected chi connectivity index (χ3v) is 5.52. The number of ether oxygens (including phenoxy) is 1. The lowest BCUT2D eigenvalue weighted by atomic mass is 10.1. The van der Waals surface area contributed by atoms with E-state index in [2.05, 4.69) is 20.7 Å². The summed E-state index contributed by atoms with van der Waals surface area (Å²) < 4.78 is 7.68. The average Bonchev–Trinajstić information content (AvgIpc) is 3.25. The SMILES string of the molecule is CCn1ncc2c(NCc3ccc(OC)c(Cl)c3)c(C(=O)NCc3cc[n+]([O-])cc3)cnc21. The van der Waals surface area contributed by atoms with Crippen LogP contribution >= 0.6 is 11.6 Å². The predicted octanol–water partition coefficient (Wildman–Crippen LogP) is 3.29. The van der Waals surface area contributed by atoms with Crippen LogP contribution in [0.5, 0.6) is 5.75 Å². The van der Waals surface area contributed by atoms with Gasteiger partial charge in [0.25, 0.3) is 5.91 Å². The summed E-state index contributed by atoms with van der Waals surface area (Å²) in [5.41, 5.74) is 3.45. The van der Waals surface area contributed by atoms with Gasteiger partial charge in [0.05, 0.1) is 35.0 Å². The van der Waals surface area contributed by atoms with E-state index >= 15 is 0 Å². The van der Waals surface area contributed by atoms with Gasteiger partial charge in [0.15, 0.2) is 18.0 Å². The van der Waals surface area contributed by atoms with Crippen molar-refractivity contribution in [1.29, 1.82) is 0 Å². The molecular weight excluding hydrogens is 444 g/mol. The molecule has 0 unspecified atom stereocenters. The van der Waals surface area contributed by atoms with Crippen LogP contribution in [0.3, 0.4) is 0 Å².